The first-order chi connectivity index (χ1) is 15.0. The molecule has 2 atom stereocenters. The normalized spacial score (nSPS) is 19.6. The zero-order valence-electron chi connectivity index (χ0n) is 17.8. The highest BCUT2D eigenvalue weighted by atomic mass is 16.5. The highest BCUT2D eigenvalue weighted by molar-refractivity contribution is 6.11. The lowest BCUT2D eigenvalue weighted by atomic mass is 9.79. The van der Waals surface area contributed by atoms with Crippen LogP contribution in [0, 0.1) is 6.92 Å². The first-order valence-corrected chi connectivity index (χ1v) is 10.6. The van der Waals surface area contributed by atoms with E-state index in [4.69, 9.17) is 4.74 Å². The third kappa shape index (κ3) is 3.63. The van der Waals surface area contributed by atoms with E-state index < -0.39 is 12.0 Å². The fourth-order valence-electron chi connectivity index (χ4n) is 4.56. The van der Waals surface area contributed by atoms with Crippen LogP contribution < -0.4 is 4.90 Å². The Morgan fingerprint density at radius 2 is 1.94 bits per heavy atom. The van der Waals surface area contributed by atoms with Crippen LogP contribution in [0.3, 0.4) is 0 Å². The van der Waals surface area contributed by atoms with Gasteiger partial charge in [0.1, 0.15) is 6.04 Å². The topological polar surface area (TPSA) is 66.9 Å². The van der Waals surface area contributed by atoms with Gasteiger partial charge in [0.2, 0.25) is 0 Å². The van der Waals surface area contributed by atoms with Crippen LogP contribution in [0.1, 0.15) is 51.1 Å². The zero-order chi connectivity index (χ0) is 22.1. The van der Waals surface area contributed by atoms with E-state index in [0.29, 0.717) is 36.3 Å². The molecule has 0 N–H and O–H groups in total. The summed E-state index contributed by atoms with van der Waals surface area (Å²) < 4.78 is 5.34. The summed E-state index contributed by atoms with van der Waals surface area (Å²) in [5.74, 6) is -0.831. The zero-order valence-corrected chi connectivity index (χ0v) is 17.8. The Kier molecular flexibility index (Phi) is 5.63. The number of aryl methyl sites for hydroxylation is 1. The number of hydrogen-bond acceptors (Lipinski definition) is 4. The molecule has 2 aromatic carbocycles. The molecule has 0 radical (unpaired) electrons. The summed E-state index contributed by atoms with van der Waals surface area (Å²) in [5.41, 5.74) is 3.57. The van der Waals surface area contributed by atoms with Crippen LogP contribution >= 0.6 is 0 Å². The predicted octanol–water partition coefficient (Wildman–Crippen LogP) is 3.70. The molecule has 2 aliphatic heterocycles. The second-order valence-corrected chi connectivity index (χ2v) is 7.98. The van der Waals surface area contributed by atoms with Gasteiger partial charge in [-0.3, -0.25) is 14.5 Å². The predicted molar refractivity (Wildman–Crippen MR) is 118 cm³/mol. The van der Waals surface area contributed by atoms with E-state index in [9.17, 15) is 14.4 Å². The van der Waals surface area contributed by atoms with E-state index in [0.717, 1.165) is 11.1 Å². The highest BCUT2D eigenvalue weighted by Crippen LogP contribution is 2.44. The number of anilines is 1. The van der Waals surface area contributed by atoms with E-state index >= 15 is 0 Å². The van der Waals surface area contributed by atoms with Crippen molar-refractivity contribution in [2.24, 2.45) is 0 Å². The lowest BCUT2D eigenvalue weighted by molar-refractivity contribution is -0.145. The van der Waals surface area contributed by atoms with Gasteiger partial charge in [0.15, 0.2) is 0 Å². The molecule has 0 bridgehead atoms. The Balaban J connectivity index is 1.84. The quantitative estimate of drug-likeness (QED) is 0.549. The lowest BCUT2D eigenvalue weighted by Gasteiger charge is -2.44. The molecular weight excluding hydrogens is 392 g/mol. The molecule has 0 aromatic heterocycles. The number of rotatable bonds is 5. The molecule has 2 amide bonds. The highest BCUT2D eigenvalue weighted by Gasteiger charge is 2.45. The van der Waals surface area contributed by atoms with Crippen molar-refractivity contribution in [1.29, 1.82) is 0 Å². The molecule has 6 heteroatoms. The third-order valence-electron chi connectivity index (χ3n) is 5.95. The van der Waals surface area contributed by atoms with Gasteiger partial charge in [-0.05, 0) is 50.1 Å². The summed E-state index contributed by atoms with van der Waals surface area (Å²) in [4.78, 5) is 42.8. The Labute approximate surface area is 182 Å². The van der Waals surface area contributed by atoms with Crippen molar-refractivity contribution in [2.75, 3.05) is 24.6 Å². The van der Waals surface area contributed by atoms with Gasteiger partial charge in [-0.2, -0.15) is 0 Å². The van der Waals surface area contributed by atoms with Crippen LogP contribution in [0.4, 0.5) is 5.69 Å². The monoisotopic (exact) mass is 418 g/mol. The van der Waals surface area contributed by atoms with E-state index in [1.807, 2.05) is 25.1 Å². The van der Waals surface area contributed by atoms with Crippen LogP contribution in [0.25, 0.3) is 0 Å². The van der Waals surface area contributed by atoms with Gasteiger partial charge >= 0.3 is 5.97 Å². The SMILES string of the molecule is C=CCN1C[C@@H]2C[C@@H](C(=O)OCC)N(C(=O)c3ccc(C)cc3)c3cccc(c32)C1=O. The Morgan fingerprint density at radius 1 is 1.19 bits per heavy atom. The van der Waals surface area contributed by atoms with E-state index in [-0.39, 0.29) is 24.3 Å². The molecule has 0 aliphatic carbocycles. The number of carbonyl (C=O) groups is 3. The van der Waals surface area contributed by atoms with Crippen molar-refractivity contribution in [1.82, 2.24) is 4.90 Å². The van der Waals surface area contributed by atoms with Gasteiger partial charge in [-0.1, -0.05) is 29.8 Å². The number of carbonyl (C=O) groups excluding carboxylic acids is 3. The van der Waals surface area contributed by atoms with Crippen LogP contribution in [0.15, 0.2) is 55.1 Å². The summed E-state index contributed by atoms with van der Waals surface area (Å²) in [6, 6.07) is 11.9. The summed E-state index contributed by atoms with van der Waals surface area (Å²) in [6.45, 7) is 8.62. The minimum atomic E-state index is -0.750. The van der Waals surface area contributed by atoms with Crippen LogP contribution in [0.2, 0.25) is 0 Å². The summed E-state index contributed by atoms with van der Waals surface area (Å²) in [6.07, 6.45) is 2.10. The number of ether oxygens (including phenoxy) is 1. The average Bonchev–Trinajstić information content (AvgIpc) is 2.77. The maximum absolute atomic E-state index is 13.6. The Morgan fingerprint density at radius 3 is 2.61 bits per heavy atom. The van der Waals surface area contributed by atoms with Gasteiger partial charge in [0.25, 0.3) is 11.8 Å². The molecular formula is C25H26N2O4. The largest absolute Gasteiger partial charge is 0.464 e. The molecule has 0 saturated heterocycles. The molecule has 31 heavy (non-hydrogen) atoms. The number of esters is 1. The van der Waals surface area contributed by atoms with Crippen molar-refractivity contribution in [3.8, 4) is 0 Å². The Bertz CT molecular complexity index is 1040. The molecule has 2 heterocycles. The van der Waals surface area contributed by atoms with E-state index in [1.54, 1.807) is 42.2 Å². The fraction of sp³-hybridized carbons (Fsp3) is 0.320. The maximum atomic E-state index is 13.6. The molecule has 0 saturated carbocycles. The van der Waals surface area contributed by atoms with E-state index in [1.165, 1.54) is 4.90 Å². The van der Waals surface area contributed by atoms with E-state index in [2.05, 4.69) is 6.58 Å². The standard InChI is InChI=1S/C25H26N2O4/c1-4-13-26-15-18-14-21(25(30)31-5-2)27(23(28)17-11-9-16(3)10-12-17)20-8-6-7-19(22(18)20)24(26)29/h4,6-12,18,21H,1,5,13-15H2,2-3H3/t18-,21-/m0/s1. The molecule has 2 aliphatic rings. The lowest BCUT2D eigenvalue weighted by Crippen LogP contribution is -2.53. The van der Waals surface area contributed by atoms with Crippen LogP contribution in [-0.2, 0) is 9.53 Å². The molecule has 2 aromatic rings. The maximum Gasteiger partial charge on any atom is 0.329 e. The van der Waals surface area contributed by atoms with Gasteiger partial charge in [0.05, 0.1) is 6.61 Å². The van der Waals surface area contributed by atoms with Crippen LogP contribution in [0.5, 0.6) is 0 Å². The van der Waals surface area contributed by atoms with Crippen molar-refractivity contribution < 1.29 is 19.1 Å². The first-order valence-electron chi connectivity index (χ1n) is 10.6. The molecule has 0 fully saturated rings. The Hall–Kier alpha value is -3.41. The fourth-order valence-corrected chi connectivity index (χ4v) is 4.56. The van der Waals surface area contributed by atoms with Gasteiger partial charge in [-0.15, -0.1) is 6.58 Å². The van der Waals surface area contributed by atoms with Gasteiger partial charge in [-0.25, -0.2) is 4.79 Å². The summed E-state index contributed by atoms with van der Waals surface area (Å²) in [7, 11) is 0. The van der Waals surface area contributed by atoms with Crippen molar-refractivity contribution >= 4 is 23.5 Å². The molecule has 160 valence electrons. The van der Waals surface area contributed by atoms with Crippen molar-refractivity contribution in [3.63, 3.8) is 0 Å². The molecule has 4 rings (SSSR count). The summed E-state index contributed by atoms with van der Waals surface area (Å²) in [5, 5.41) is 0. The molecule has 0 unspecified atom stereocenters. The third-order valence-corrected chi connectivity index (χ3v) is 5.95. The van der Waals surface area contributed by atoms with Gasteiger partial charge < -0.3 is 9.64 Å². The average molecular weight is 418 g/mol. The minimum Gasteiger partial charge on any atom is -0.464 e. The second-order valence-electron chi connectivity index (χ2n) is 7.98. The van der Waals surface area contributed by atoms with Crippen molar-refractivity contribution in [2.45, 2.75) is 32.2 Å². The smallest absolute Gasteiger partial charge is 0.329 e. The summed E-state index contributed by atoms with van der Waals surface area (Å²) >= 11 is 0. The molecule has 6 nitrogen and oxygen atoms in total. The van der Waals surface area contributed by atoms with Crippen LogP contribution in [-0.4, -0.2) is 48.4 Å². The van der Waals surface area contributed by atoms with Gasteiger partial charge in [0, 0.05) is 35.8 Å². The molecule has 0 spiro atoms. The number of benzene rings is 2. The van der Waals surface area contributed by atoms with Crippen molar-refractivity contribution in [3.05, 3.63) is 77.4 Å². The minimum absolute atomic E-state index is 0.0553. The first kappa shape index (κ1) is 20.8. The number of nitrogens with zero attached hydrogens (tertiary/aromatic N) is 2. The number of amides is 2. The second kappa shape index (κ2) is 8.38. The number of hydrogen-bond donors (Lipinski definition) is 0.